The van der Waals surface area contributed by atoms with Crippen molar-refractivity contribution in [3.8, 4) is 0 Å². The molecular weight excluding hydrogens is 466 g/mol. The normalized spacial score (nSPS) is 16.6. The second-order valence-electron chi connectivity index (χ2n) is 7.56. The number of benzodiazepines with no additional fused rings is 1. The number of amides is 1. The summed E-state index contributed by atoms with van der Waals surface area (Å²) < 4.78 is 85.4. The summed E-state index contributed by atoms with van der Waals surface area (Å²) in [7, 11) is 0. The van der Waals surface area contributed by atoms with Crippen molar-refractivity contribution in [2.24, 2.45) is 4.99 Å². The third kappa shape index (κ3) is 5.95. The summed E-state index contributed by atoms with van der Waals surface area (Å²) in [6.45, 7) is -0.0869. The molecule has 0 saturated heterocycles. The molecule has 1 unspecified atom stereocenters. The van der Waals surface area contributed by atoms with Gasteiger partial charge in [-0.15, -0.1) is 0 Å². The van der Waals surface area contributed by atoms with Gasteiger partial charge in [0, 0.05) is 17.5 Å². The quantitative estimate of drug-likeness (QED) is 0.400. The summed E-state index contributed by atoms with van der Waals surface area (Å²) in [5, 5.41) is 0. The lowest BCUT2D eigenvalue weighted by molar-refractivity contribution is -0.156. The Morgan fingerprint density at radius 3 is 2.32 bits per heavy atom. The van der Waals surface area contributed by atoms with Gasteiger partial charge in [-0.3, -0.25) is 14.5 Å². The van der Waals surface area contributed by atoms with Gasteiger partial charge in [-0.05, 0) is 18.6 Å². The van der Waals surface area contributed by atoms with Gasteiger partial charge in [0.15, 0.2) is 0 Å². The molecule has 1 aliphatic rings. The number of esters is 1. The molecule has 1 amide bonds. The van der Waals surface area contributed by atoms with Crippen LogP contribution in [0.2, 0.25) is 0 Å². The summed E-state index contributed by atoms with van der Waals surface area (Å²) in [6.07, 6.45) is -10.9. The van der Waals surface area contributed by atoms with Crippen LogP contribution in [0.5, 0.6) is 0 Å². The van der Waals surface area contributed by atoms with Crippen LogP contribution in [0.4, 0.5) is 32.0 Å². The Morgan fingerprint density at radius 1 is 1.06 bits per heavy atom. The van der Waals surface area contributed by atoms with E-state index < -0.39 is 48.3 Å². The number of carbonyl (C=O) groups is 2. The van der Waals surface area contributed by atoms with Crippen LogP contribution >= 0.6 is 0 Å². The lowest BCUT2D eigenvalue weighted by Crippen LogP contribution is -2.45. The molecule has 1 aliphatic heterocycles. The number of aliphatic imine (C=N–C) groups is 1. The molecule has 2 aromatic rings. The number of carbonyl (C=O) groups excluding carboxylic acids is 2. The Balaban J connectivity index is 2.21. The number of anilines is 1. The highest BCUT2D eigenvalue weighted by Crippen LogP contribution is 2.37. The van der Waals surface area contributed by atoms with E-state index in [1.807, 2.05) is 0 Å². The molecule has 182 valence electrons. The monoisotopic (exact) mass is 486 g/mol. The first-order valence-corrected chi connectivity index (χ1v) is 10.3. The molecule has 0 radical (unpaired) electrons. The molecule has 34 heavy (non-hydrogen) atoms. The second-order valence-corrected chi connectivity index (χ2v) is 7.56. The number of benzene rings is 2. The Bertz CT molecular complexity index is 1080. The summed E-state index contributed by atoms with van der Waals surface area (Å²) in [4.78, 5) is 29.5. The standard InChI is InChI=1S/C23H20F6N2O3/c1-2-3-9-18(32)34-20-21(33)31(13-22(24,25)26)17-12-15(23(27,28)29)10-11-16(17)19(30-20)14-7-5-4-6-8-14/h4-8,10-12,20H,2-3,9,13H2,1H3. The zero-order valence-corrected chi connectivity index (χ0v) is 17.9. The van der Waals surface area contributed by atoms with E-state index in [9.17, 15) is 35.9 Å². The molecule has 2 aromatic carbocycles. The van der Waals surface area contributed by atoms with Gasteiger partial charge in [0.1, 0.15) is 6.54 Å². The van der Waals surface area contributed by atoms with Crippen LogP contribution in [0.15, 0.2) is 53.5 Å². The highest BCUT2D eigenvalue weighted by atomic mass is 19.4. The van der Waals surface area contributed by atoms with Gasteiger partial charge < -0.3 is 4.74 Å². The van der Waals surface area contributed by atoms with Crippen LogP contribution in [0, 0.1) is 0 Å². The third-order valence-corrected chi connectivity index (χ3v) is 4.96. The molecule has 0 aromatic heterocycles. The van der Waals surface area contributed by atoms with Crippen molar-refractivity contribution < 1.29 is 40.7 Å². The minimum Gasteiger partial charge on any atom is -0.430 e. The molecule has 5 nitrogen and oxygen atoms in total. The molecule has 0 spiro atoms. The minimum atomic E-state index is -4.95. The lowest BCUT2D eigenvalue weighted by atomic mass is 9.98. The molecule has 1 atom stereocenters. The topological polar surface area (TPSA) is 59.0 Å². The average Bonchev–Trinajstić information content (AvgIpc) is 2.87. The van der Waals surface area contributed by atoms with Crippen molar-refractivity contribution in [1.82, 2.24) is 0 Å². The number of unbranched alkanes of at least 4 members (excludes halogenated alkanes) is 1. The molecule has 0 saturated carbocycles. The first kappa shape index (κ1) is 25.3. The van der Waals surface area contributed by atoms with Crippen molar-refractivity contribution in [3.63, 3.8) is 0 Å². The van der Waals surface area contributed by atoms with E-state index in [1.165, 1.54) is 12.1 Å². The van der Waals surface area contributed by atoms with Crippen molar-refractivity contribution in [1.29, 1.82) is 0 Å². The van der Waals surface area contributed by atoms with Gasteiger partial charge in [0.2, 0.25) is 0 Å². The van der Waals surface area contributed by atoms with E-state index >= 15 is 0 Å². The molecule has 0 N–H and O–H groups in total. The molecule has 0 fully saturated rings. The van der Waals surface area contributed by atoms with Gasteiger partial charge >= 0.3 is 18.3 Å². The maximum Gasteiger partial charge on any atom is 0.416 e. The van der Waals surface area contributed by atoms with Crippen LogP contribution in [-0.2, 0) is 20.5 Å². The first-order valence-electron chi connectivity index (χ1n) is 10.3. The van der Waals surface area contributed by atoms with Crippen LogP contribution in [0.25, 0.3) is 0 Å². The van der Waals surface area contributed by atoms with Crippen LogP contribution in [0.1, 0.15) is 42.9 Å². The minimum absolute atomic E-state index is 0.0735. The van der Waals surface area contributed by atoms with Gasteiger partial charge in [-0.1, -0.05) is 49.7 Å². The third-order valence-electron chi connectivity index (χ3n) is 4.96. The average molecular weight is 486 g/mol. The fourth-order valence-corrected chi connectivity index (χ4v) is 3.38. The number of hydrogen-bond donors (Lipinski definition) is 0. The lowest BCUT2D eigenvalue weighted by Gasteiger charge is -2.26. The van der Waals surface area contributed by atoms with Gasteiger partial charge in [0.05, 0.1) is 17.0 Å². The predicted octanol–water partition coefficient (Wildman–Crippen LogP) is 5.51. The van der Waals surface area contributed by atoms with Crippen LogP contribution in [0.3, 0.4) is 0 Å². The maximum atomic E-state index is 13.4. The highest BCUT2D eigenvalue weighted by Gasteiger charge is 2.42. The summed E-state index contributed by atoms with van der Waals surface area (Å²) in [5.41, 5.74) is -1.76. The van der Waals surface area contributed by atoms with Gasteiger partial charge in [-0.2, -0.15) is 26.3 Å². The van der Waals surface area contributed by atoms with Crippen molar-refractivity contribution in [2.75, 3.05) is 11.4 Å². The van der Waals surface area contributed by atoms with Crippen molar-refractivity contribution in [2.45, 2.75) is 44.8 Å². The van der Waals surface area contributed by atoms with E-state index in [0.29, 0.717) is 30.5 Å². The van der Waals surface area contributed by atoms with E-state index in [1.54, 1.807) is 25.1 Å². The summed E-state index contributed by atoms with van der Waals surface area (Å²) >= 11 is 0. The maximum absolute atomic E-state index is 13.4. The van der Waals surface area contributed by atoms with E-state index in [0.717, 1.165) is 6.07 Å². The number of halogens is 6. The first-order chi connectivity index (χ1) is 15.9. The van der Waals surface area contributed by atoms with Crippen LogP contribution in [-0.4, -0.2) is 36.5 Å². The Morgan fingerprint density at radius 2 is 1.74 bits per heavy atom. The Kier molecular flexibility index (Phi) is 7.32. The number of hydrogen-bond acceptors (Lipinski definition) is 4. The summed E-state index contributed by atoms with van der Waals surface area (Å²) in [5.74, 6) is -2.25. The fourth-order valence-electron chi connectivity index (χ4n) is 3.38. The Hall–Kier alpha value is -3.37. The second kappa shape index (κ2) is 9.86. The summed E-state index contributed by atoms with van der Waals surface area (Å²) in [6, 6.07) is 10.0. The highest BCUT2D eigenvalue weighted by molar-refractivity contribution is 6.20. The zero-order valence-electron chi connectivity index (χ0n) is 17.9. The molecular formula is C23H20F6N2O3. The fraction of sp³-hybridized carbons (Fsp3) is 0.348. The number of ether oxygens (including phenoxy) is 1. The van der Waals surface area contributed by atoms with Crippen molar-refractivity contribution in [3.05, 3.63) is 65.2 Å². The molecule has 3 rings (SSSR count). The molecule has 1 heterocycles. The Labute approximate surface area is 191 Å². The SMILES string of the molecule is CCCCC(=O)OC1N=C(c2ccccc2)c2ccc(C(F)(F)F)cc2N(CC(F)(F)F)C1=O. The smallest absolute Gasteiger partial charge is 0.416 e. The van der Waals surface area contributed by atoms with E-state index in [4.69, 9.17) is 4.74 Å². The molecule has 11 heteroatoms. The van der Waals surface area contributed by atoms with Gasteiger partial charge in [0.25, 0.3) is 12.1 Å². The van der Waals surface area contributed by atoms with E-state index in [2.05, 4.69) is 4.99 Å². The number of rotatable bonds is 6. The van der Waals surface area contributed by atoms with Gasteiger partial charge in [-0.25, -0.2) is 4.99 Å². The number of alkyl halides is 6. The largest absolute Gasteiger partial charge is 0.430 e. The predicted molar refractivity (Wildman–Crippen MR) is 111 cm³/mol. The zero-order chi connectivity index (χ0) is 25.1. The number of fused-ring (bicyclic) bond motifs is 1. The van der Waals surface area contributed by atoms with E-state index in [-0.39, 0.29) is 22.6 Å². The molecule has 0 bridgehead atoms. The molecule has 0 aliphatic carbocycles. The van der Waals surface area contributed by atoms with Crippen LogP contribution < -0.4 is 4.90 Å². The van der Waals surface area contributed by atoms with Crippen molar-refractivity contribution >= 4 is 23.3 Å². The number of nitrogens with zero attached hydrogens (tertiary/aromatic N) is 2.